The number of para-hydroxylation sites is 1. The highest BCUT2D eigenvalue weighted by Gasteiger charge is 2.39. The summed E-state index contributed by atoms with van der Waals surface area (Å²) in [6, 6.07) is 13.7. The molecular weight excluding hydrogens is 472 g/mol. The van der Waals surface area contributed by atoms with Crippen LogP contribution in [0, 0.1) is 5.92 Å². The fourth-order valence-corrected chi connectivity index (χ4v) is 6.23. The number of benzene rings is 2. The largest absolute Gasteiger partial charge is 0.419 e. The predicted octanol–water partition coefficient (Wildman–Crippen LogP) is 1.50. The Morgan fingerprint density at radius 2 is 1.74 bits per heavy atom. The molecule has 1 atom stereocenters. The molecule has 0 aliphatic carbocycles. The first kappa shape index (κ1) is 23.3. The fourth-order valence-electron chi connectivity index (χ4n) is 4.79. The van der Waals surface area contributed by atoms with Crippen molar-refractivity contribution >= 4 is 38.6 Å². The highest BCUT2D eigenvalue weighted by molar-refractivity contribution is 7.89. The third-order valence-electron chi connectivity index (χ3n) is 6.69. The number of anilines is 1. The van der Waals surface area contributed by atoms with E-state index in [2.05, 4.69) is 0 Å². The van der Waals surface area contributed by atoms with E-state index < -0.39 is 21.7 Å². The van der Waals surface area contributed by atoms with Gasteiger partial charge < -0.3 is 14.2 Å². The van der Waals surface area contributed by atoms with E-state index in [1.165, 1.54) is 21.0 Å². The summed E-state index contributed by atoms with van der Waals surface area (Å²) < 4.78 is 34.4. The van der Waals surface area contributed by atoms with Gasteiger partial charge in [-0.25, -0.2) is 13.2 Å². The van der Waals surface area contributed by atoms with Gasteiger partial charge in [0.1, 0.15) is 0 Å². The number of carbonyl (C=O) groups excluding carboxylic acids is 2. The molecule has 184 valence electrons. The SMILES string of the molecule is CCn1c(=O)oc2cc(S(=O)(=O)N3CCN(C(=O)C4CC(=O)N(c5ccccc5)C4)CC3)ccc21. The number of aryl methyl sites for hydroxylation is 1. The summed E-state index contributed by atoms with van der Waals surface area (Å²) in [6.07, 6.45) is 0.148. The summed E-state index contributed by atoms with van der Waals surface area (Å²) in [7, 11) is -3.82. The number of piperazine rings is 1. The van der Waals surface area contributed by atoms with E-state index in [4.69, 9.17) is 4.42 Å². The van der Waals surface area contributed by atoms with Gasteiger partial charge in [-0.3, -0.25) is 14.2 Å². The average molecular weight is 499 g/mol. The van der Waals surface area contributed by atoms with Gasteiger partial charge in [0.2, 0.25) is 21.8 Å². The van der Waals surface area contributed by atoms with Crippen LogP contribution in [0.3, 0.4) is 0 Å². The molecule has 2 aromatic carbocycles. The maximum atomic E-state index is 13.2. The molecule has 1 aromatic heterocycles. The Kier molecular flexibility index (Phi) is 5.97. The van der Waals surface area contributed by atoms with E-state index in [1.54, 1.807) is 15.9 Å². The van der Waals surface area contributed by atoms with E-state index >= 15 is 0 Å². The van der Waals surface area contributed by atoms with Crippen molar-refractivity contribution in [3.63, 3.8) is 0 Å². The van der Waals surface area contributed by atoms with E-state index in [-0.39, 0.29) is 54.9 Å². The Labute approximate surface area is 202 Å². The zero-order valence-electron chi connectivity index (χ0n) is 19.3. The molecule has 3 aromatic rings. The van der Waals surface area contributed by atoms with Crippen molar-refractivity contribution in [2.75, 3.05) is 37.6 Å². The number of fused-ring (bicyclic) bond motifs is 1. The number of carbonyl (C=O) groups is 2. The number of amides is 2. The minimum absolute atomic E-state index is 0.0432. The van der Waals surface area contributed by atoms with Gasteiger partial charge in [-0.05, 0) is 31.2 Å². The molecule has 2 fully saturated rings. The van der Waals surface area contributed by atoms with Crippen molar-refractivity contribution in [3.05, 3.63) is 59.1 Å². The van der Waals surface area contributed by atoms with Gasteiger partial charge in [-0.15, -0.1) is 0 Å². The van der Waals surface area contributed by atoms with Crippen LogP contribution in [0.25, 0.3) is 11.1 Å². The summed E-state index contributed by atoms with van der Waals surface area (Å²) >= 11 is 0. The number of aromatic nitrogens is 1. The van der Waals surface area contributed by atoms with Crippen molar-refractivity contribution in [2.24, 2.45) is 5.92 Å². The van der Waals surface area contributed by atoms with Gasteiger partial charge in [0.05, 0.1) is 16.3 Å². The molecule has 0 spiro atoms. The van der Waals surface area contributed by atoms with E-state index in [9.17, 15) is 22.8 Å². The summed E-state index contributed by atoms with van der Waals surface area (Å²) in [5.74, 6) is -1.19. The van der Waals surface area contributed by atoms with Gasteiger partial charge in [0.15, 0.2) is 5.58 Å². The molecule has 5 rings (SSSR count). The minimum Gasteiger partial charge on any atom is -0.408 e. The number of hydrogen-bond acceptors (Lipinski definition) is 6. The molecule has 35 heavy (non-hydrogen) atoms. The van der Waals surface area contributed by atoms with Crippen molar-refractivity contribution < 1.29 is 22.4 Å². The van der Waals surface area contributed by atoms with Crippen LogP contribution >= 0.6 is 0 Å². The lowest BCUT2D eigenvalue weighted by atomic mass is 10.1. The first-order chi connectivity index (χ1) is 16.8. The molecule has 1 unspecified atom stereocenters. The predicted molar refractivity (Wildman–Crippen MR) is 128 cm³/mol. The minimum atomic E-state index is -3.82. The quantitative estimate of drug-likeness (QED) is 0.527. The normalized spacial score (nSPS) is 19.6. The highest BCUT2D eigenvalue weighted by atomic mass is 32.2. The third-order valence-corrected chi connectivity index (χ3v) is 8.58. The smallest absolute Gasteiger partial charge is 0.408 e. The monoisotopic (exact) mass is 498 g/mol. The summed E-state index contributed by atoms with van der Waals surface area (Å²) in [4.78, 5) is 40.8. The Balaban J connectivity index is 1.25. The maximum absolute atomic E-state index is 13.2. The molecule has 10 nitrogen and oxygen atoms in total. The van der Waals surface area contributed by atoms with Gasteiger partial charge in [0.25, 0.3) is 0 Å². The van der Waals surface area contributed by atoms with Crippen LogP contribution in [0.5, 0.6) is 0 Å². The maximum Gasteiger partial charge on any atom is 0.419 e. The van der Waals surface area contributed by atoms with E-state index in [1.807, 2.05) is 37.3 Å². The molecule has 0 saturated carbocycles. The summed E-state index contributed by atoms with van der Waals surface area (Å²) in [5, 5.41) is 0. The number of sulfonamides is 1. The zero-order valence-corrected chi connectivity index (χ0v) is 20.1. The van der Waals surface area contributed by atoms with Crippen LogP contribution in [0.15, 0.2) is 62.6 Å². The Hall–Kier alpha value is -3.44. The first-order valence-corrected chi connectivity index (χ1v) is 13.0. The lowest BCUT2D eigenvalue weighted by Gasteiger charge is -2.35. The summed E-state index contributed by atoms with van der Waals surface area (Å²) in [6.45, 7) is 3.34. The van der Waals surface area contributed by atoms with Gasteiger partial charge in [0, 0.05) is 57.4 Å². The highest BCUT2D eigenvalue weighted by Crippen LogP contribution is 2.27. The lowest BCUT2D eigenvalue weighted by Crippen LogP contribution is -2.52. The van der Waals surface area contributed by atoms with Gasteiger partial charge in [-0.2, -0.15) is 4.31 Å². The molecule has 2 aliphatic rings. The molecule has 0 bridgehead atoms. The van der Waals surface area contributed by atoms with Crippen molar-refractivity contribution in [2.45, 2.75) is 24.8 Å². The zero-order chi connectivity index (χ0) is 24.7. The van der Waals surface area contributed by atoms with E-state index in [0.717, 1.165) is 5.69 Å². The third kappa shape index (κ3) is 4.14. The number of oxazole rings is 1. The second-order valence-corrected chi connectivity index (χ2v) is 10.7. The molecular formula is C24H26N4O6S. The molecule has 2 saturated heterocycles. The van der Waals surface area contributed by atoms with Crippen molar-refractivity contribution in [1.29, 1.82) is 0 Å². The van der Waals surface area contributed by atoms with E-state index in [0.29, 0.717) is 18.6 Å². The average Bonchev–Trinajstić information content (AvgIpc) is 3.42. The van der Waals surface area contributed by atoms with Crippen molar-refractivity contribution in [1.82, 2.24) is 13.8 Å². The lowest BCUT2D eigenvalue weighted by molar-refractivity contribution is -0.136. The molecule has 11 heteroatoms. The molecule has 2 aliphatic heterocycles. The topological polar surface area (TPSA) is 113 Å². The fraction of sp³-hybridized carbons (Fsp3) is 0.375. The van der Waals surface area contributed by atoms with Gasteiger partial charge >= 0.3 is 5.76 Å². The molecule has 2 amide bonds. The Morgan fingerprint density at radius 3 is 2.43 bits per heavy atom. The molecule has 0 radical (unpaired) electrons. The second-order valence-electron chi connectivity index (χ2n) is 8.71. The number of rotatable bonds is 5. The van der Waals surface area contributed by atoms with Crippen LogP contribution in [0.1, 0.15) is 13.3 Å². The van der Waals surface area contributed by atoms with Crippen molar-refractivity contribution in [3.8, 4) is 0 Å². The first-order valence-electron chi connectivity index (χ1n) is 11.6. The standard InChI is InChI=1S/C24H26N4O6S/c1-2-27-20-9-8-19(15-21(20)34-24(27)31)35(32,33)26-12-10-25(11-13-26)23(30)17-14-22(29)28(16-17)18-6-4-3-5-7-18/h3-9,15,17H,2,10-14,16H2,1H3. The summed E-state index contributed by atoms with van der Waals surface area (Å²) in [5.41, 5.74) is 1.54. The number of hydrogen-bond donors (Lipinski definition) is 0. The van der Waals surface area contributed by atoms with Crippen LogP contribution in [0.2, 0.25) is 0 Å². The van der Waals surface area contributed by atoms with Gasteiger partial charge in [-0.1, -0.05) is 18.2 Å². The van der Waals surface area contributed by atoms with Crippen LogP contribution in [-0.4, -0.2) is 66.7 Å². The Morgan fingerprint density at radius 1 is 1.03 bits per heavy atom. The molecule has 3 heterocycles. The van der Waals surface area contributed by atoms with Crippen LogP contribution in [-0.2, 0) is 26.2 Å². The number of nitrogens with zero attached hydrogens (tertiary/aromatic N) is 4. The second kappa shape index (κ2) is 8.97. The van der Waals surface area contributed by atoms with Crippen LogP contribution < -0.4 is 10.7 Å². The Bertz CT molecular complexity index is 1440. The molecule has 0 N–H and O–H groups in total. The van der Waals surface area contributed by atoms with Crippen LogP contribution in [0.4, 0.5) is 5.69 Å².